The molecule has 1 rings (SSSR count). The predicted octanol–water partition coefficient (Wildman–Crippen LogP) is 0.837. The average molecular weight is 215 g/mol. The molecule has 3 N–H and O–H groups in total. The summed E-state index contributed by atoms with van der Waals surface area (Å²) in [4.78, 5) is 21.2. The van der Waals surface area contributed by atoms with E-state index in [1.807, 2.05) is 0 Å². The van der Waals surface area contributed by atoms with E-state index in [0.717, 1.165) is 25.7 Å². The van der Waals surface area contributed by atoms with Gasteiger partial charge in [-0.1, -0.05) is 19.3 Å². The maximum absolute atomic E-state index is 10.8. The molecule has 0 spiro atoms. The Hall–Kier alpha value is -1.10. The van der Waals surface area contributed by atoms with E-state index in [9.17, 15) is 9.59 Å². The van der Waals surface area contributed by atoms with Crippen LogP contribution in [0.25, 0.3) is 0 Å². The van der Waals surface area contributed by atoms with Crippen LogP contribution in [-0.2, 0) is 9.59 Å². The molecule has 5 heteroatoms. The quantitative estimate of drug-likeness (QED) is 0.632. The fourth-order valence-corrected chi connectivity index (χ4v) is 1.95. The Kier molecular flexibility index (Phi) is 4.55. The van der Waals surface area contributed by atoms with Gasteiger partial charge in [0, 0.05) is 6.04 Å². The highest BCUT2D eigenvalue weighted by Crippen LogP contribution is 2.18. The van der Waals surface area contributed by atoms with Crippen LogP contribution in [0.4, 0.5) is 0 Å². The molecule has 0 aromatic heterocycles. The minimum absolute atomic E-state index is 0.166. The average Bonchev–Trinajstić information content (AvgIpc) is 2.17. The molecule has 5 nitrogen and oxygen atoms in total. The van der Waals surface area contributed by atoms with E-state index in [0.29, 0.717) is 0 Å². The normalized spacial score (nSPS) is 19.7. The van der Waals surface area contributed by atoms with Crippen LogP contribution in [0.3, 0.4) is 0 Å². The van der Waals surface area contributed by atoms with Gasteiger partial charge < -0.3 is 15.5 Å². The van der Waals surface area contributed by atoms with Crippen molar-refractivity contribution in [2.75, 3.05) is 0 Å². The molecule has 1 aliphatic carbocycles. The topological polar surface area (TPSA) is 86.6 Å². The minimum atomic E-state index is -1.08. The third-order valence-electron chi connectivity index (χ3n) is 2.72. The number of aliphatic carboxylic acids is 2. The van der Waals surface area contributed by atoms with Gasteiger partial charge in [0.15, 0.2) is 0 Å². The smallest absolute Gasteiger partial charge is 0.321 e. The Morgan fingerprint density at radius 2 is 1.80 bits per heavy atom. The first-order valence-corrected chi connectivity index (χ1v) is 5.30. The van der Waals surface area contributed by atoms with Gasteiger partial charge in [-0.15, -0.1) is 0 Å². The Morgan fingerprint density at radius 1 is 1.20 bits per heavy atom. The zero-order valence-corrected chi connectivity index (χ0v) is 8.61. The summed E-state index contributed by atoms with van der Waals surface area (Å²) < 4.78 is 0. The SMILES string of the molecule is O=C(O)CC(NC1CCCCC1)C(=O)O. The summed E-state index contributed by atoms with van der Waals surface area (Å²) in [5.41, 5.74) is 0. The lowest BCUT2D eigenvalue weighted by molar-refractivity contribution is -0.146. The third-order valence-corrected chi connectivity index (χ3v) is 2.72. The molecular weight excluding hydrogens is 198 g/mol. The Morgan fingerprint density at radius 3 is 2.27 bits per heavy atom. The van der Waals surface area contributed by atoms with Gasteiger partial charge in [0.1, 0.15) is 6.04 Å². The van der Waals surface area contributed by atoms with Gasteiger partial charge >= 0.3 is 11.9 Å². The van der Waals surface area contributed by atoms with Crippen LogP contribution < -0.4 is 5.32 Å². The molecule has 0 heterocycles. The number of carboxylic acid groups (broad SMARTS) is 2. The molecule has 1 aliphatic rings. The van der Waals surface area contributed by atoms with E-state index < -0.39 is 18.0 Å². The highest BCUT2D eigenvalue weighted by atomic mass is 16.4. The molecule has 1 unspecified atom stereocenters. The van der Waals surface area contributed by atoms with Crippen LogP contribution in [0, 0.1) is 0 Å². The van der Waals surface area contributed by atoms with E-state index in [1.165, 1.54) is 6.42 Å². The summed E-state index contributed by atoms with van der Waals surface area (Å²) in [6, 6.07) is -0.787. The maximum Gasteiger partial charge on any atom is 0.321 e. The molecule has 0 bridgehead atoms. The molecule has 0 radical (unpaired) electrons. The van der Waals surface area contributed by atoms with Crippen molar-refractivity contribution in [2.24, 2.45) is 0 Å². The Balaban J connectivity index is 2.42. The lowest BCUT2D eigenvalue weighted by Gasteiger charge is -2.25. The molecule has 86 valence electrons. The lowest BCUT2D eigenvalue weighted by atomic mass is 9.94. The van der Waals surface area contributed by atoms with Crippen molar-refractivity contribution >= 4 is 11.9 Å². The van der Waals surface area contributed by atoms with Gasteiger partial charge in [0.25, 0.3) is 0 Å². The fraction of sp³-hybridized carbons (Fsp3) is 0.800. The summed E-state index contributed by atoms with van der Waals surface area (Å²) in [6.45, 7) is 0. The van der Waals surface area contributed by atoms with Gasteiger partial charge in [-0.25, -0.2) is 0 Å². The van der Waals surface area contributed by atoms with Gasteiger partial charge in [-0.3, -0.25) is 9.59 Å². The predicted molar refractivity (Wildman–Crippen MR) is 53.7 cm³/mol. The van der Waals surface area contributed by atoms with Crippen LogP contribution >= 0.6 is 0 Å². The molecule has 0 aromatic rings. The summed E-state index contributed by atoms with van der Waals surface area (Å²) in [6.07, 6.45) is 4.92. The Labute approximate surface area is 88.5 Å². The third kappa shape index (κ3) is 4.29. The summed E-state index contributed by atoms with van der Waals surface area (Å²) in [5, 5.41) is 20.3. The number of hydrogen-bond acceptors (Lipinski definition) is 3. The van der Waals surface area contributed by atoms with Crippen LogP contribution in [0.2, 0.25) is 0 Å². The van der Waals surface area contributed by atoms with Crippen molar-refractivity contribution < 1.29 is 19.8 Å². The van der Waals surface area contributed by atoms with Crippen LogP contribution in [0.1, 0.15) is 38.5 Å². The van der Waals surface area contributed by atoms with Gasteiger partial charge in [-0.2, -0.15) is 0 Å². The fourth-order valence-electron chi connectivity index (χ4n) is 1.95. The standard InChI is InChI=1S/C10H17NO4/c12-9(13)6-8(10(14)15)11-7-4-2-1-3-5-7/h7-8,11H,1-6H2,(H,12,13)(H,14,15). The van der Waals surface area contributed by atoms with E-state index in [1.54, 1.807) is 0 Å². The first kappa shape index (κ1) is 12.0. The highest BCUT2D eigenvalue weighted by Gasteiger charge is 2.24. The minimum Gasteiger partial charge on any atom is -0.481 e. The lowest BCUT2D eigenvalue weighted by Crippen LogP contribution is -2.45. The molecule has 1 atom stereocenters. The molecule has 0 saturated heterocycles. The number of hydrogen-bond donors (Lipinski definition) is 3. The molecule has 1 fully saturated rings. The molecule has 0 aromatic carbocycles. The van der Waals surface area contributed by atoms with Crippen molar-refractivity contribution in [3.63, 3.8) is 0 Å². The molecule has 0 amide bonds. The number of carbonyl (C=O) groups is 2. The van der Waals surface area contributed by atoms with E-state index in [4.69, 9.17) is 10.2 Å². The largest absolute Gasteiger partial charge is 0.481 e. The van der Waals surface area contributed by atoms with Gasteiger partial charge in [0.05, 0.1) is 6.42 Å². The summed E-state index contributed by atoms with van der Waals surface area (Å²) >= 11 is 0. The second-order valence-corrected chi connectivity index (χ2v) is 3.99. The molecular formula is C10H17NO4. The van der Waals surface area contributed by atoms with Gasteiger partial charge in [0.2, 0.25) is 0 Å². The number of rotatable bonds is 5. The van der Waals surface area contributed by atoms with Crippen molar-refractivity contribution in [3.05, 3.63) is 0 Å². The Bertz CT molecular complexity index is 236. The van der Waals surface area contributed by atoms with E-state index >= 15 is 0 Å². The van der Waals surface area contributed by atoms with Crippen molar-refractivity contribution in [1.82, 2.24) is 5.32 Å². The van der Waals surface area contributed by atoms with E-state index in [-0.39, 0.29) is 12.5 Å². The summed E-state index contributed by atoms with van der Waals surface area (Å²) in [5.74, 6) is -2.16. The number of carboxylic acids is 2. The zero-order chi connectivity index (χ0) is 11.3. The molecule has 15 heavy (non-hydrogen) atoms. The first-order chi connectivity index (χ1) is 7.09. The molecule has 1 saturated carbocycles. The monoisotopic (exact) mass is 215 g/mol. The second kappa shape index (κ2) is 5.70. The van der Waals surface area contributed by atoms with Crippen LogP contribution in [0.15, 0.2) is 0 Å². The van der Waals surface area contributed by atoms with Crippen LogP contribution in [0.5, 0.6) is 0 Å². The zero-order valence-electron chi connectivity index (χ0n) is 8.61. The van der Waals surface area contributed by atoms with Crippen LogP contribution in [-0.4, -0.2) is 34.2 Å². The highest BCUT2D eigenvalue weighted by molar-refractivity contribution is 5.80. The van der Waals surface area contributed by atoms with Crippen molar-refractivity contribution in [3.8, 4) is 0 Å². The molecule has 0 aliphatic heterocycles. The van der Waals surface area contributed by atoms with Crippen molar-refractivity contribution in [2.45, 2.75) is 50.6 Å². The maximum atomic E-state index is 10.8. The van der Waals surface area contributed by atoms with Crippen molar-refractivity contribution in [1.29, 1.82) is 0 Å². The first-order valence-electron chi connectivity index (χ1n) is 5.30. The number of nitrogens with one attached hydrogen (secondary N) is 1. The second-order valence-electron chi connectivity index (χ2n) is 3.99. The summed E-state index contributed by atoms with van der Waals surface area (Å²) in [7, 11) is 0. The van der Waals surface area contributed by atoms with E-state index in [2.05, 4.69) is 5.32 Å². The van der Waals surface area contributed by atoms with Gasteiger partial charge in [-0.05, 0) is 12.8 Å².